The zero-order valence-electron chi connectivity index (χ0n) is 15.6. The smallest absolute Gasteiger partial charge is 0.243 e. The van der Waals surface area contributed by atoms with Crippen LogP contribution in [0.4, 0.5) is 5.69 Å². The number of benzene rings is 2. The van der Waals surface area contributed by atoms with Gasteiger partial charge in [-0.25, -0.2) is 8.42 Å². The van der Waals surface area contributed by atoms with Crippen LogP contribution in [0.3, 0.4) is 0 Å². The first-order chi connectivity index (χ1) is 13.0. The molecule has 6 heteroatoms. The Morgan fingerprint density at radius 1 is 1.04 bits per heavy atom. The summed E-state index contributed by atoms with van der Waals surface area (Å²) in [6.07, 6.45) is 3.20. The number of piperidine rings is 1. The van der Waals surface area contributed by atoms with Crippen LogP contribution in [0.5, 0.6) is 0 Å². The fraction of sp³-hybridized carbons (Fsp3) is 0.381. The Morgan fingerprint density at radius 2 is 1.74 bits per heavy atom. The van der Waals surface area contributed by atoms with Crippen molar-refractivity contribution in [3.63, 3.8) is 0 Å². The average Bonchev–Trinajstić information content (AvgIpc) is 2.69. The highest BCUT2D eigenvalue weighted by Gasteiger charge is 2.26. The topological polar surface area (TPSA) is 66.5 Å². The summed E-state index contributed by atoms with van der Waals surface area (Å²) in [4.78, 5) is 12.6. The third kappa shape index (κ3) is 4.96. The molecule has 5 nitrogen and oxygen atoms in total. The van der Waals surface area contributed by atoms with E-state index in [0.717, 1.165) is 24.8 Å². The lowest BCUT2D eigenvalue weighted by Crippen LogP contribution is -2.35. The maximum Gasteiger partial charge on any atom is 0.243 e. The van der Waals surface area contributed by atoms with E-state index in [1.807, 2.05) is 37.3 Å². The van der Waals surface area contributed by atoms with Crippen LogP contribution in [0, 0.1) is 0 Å². The highest BCUT2D eigenvalue weighted by Crippen LogP contribution is 2.24. The molecule has 144 valence electrons. The summed E-state index contributed by atoms with van der Waals surface area (Å²) in [6.45, 7) is 3.13. The van der Waals surface area contributed by atoms with E-state index in [1.54, 1.807) is 24.3 Å². The lowest BCUT2D eigenvalue weighted by Gasteiger charge is -2.26. The molecule has 0 bridgehead atoms. The number of nitrogens with one attached hydrogen (secondary N) is 1. The SMILES string of the molecule is C[C@H](CC(=O)Nc1cccc(S(=O)(=O)N2CCCCC2)c1)c1ccccc1. The second kappa shape index (κ2) is 8.67. The quantitative estimate of drug-likeness (QED) is 0.816. The van der Waals surface area contributed by atoms with Crippen molar-refractivity contribution in [2.24, 2.45) is 0 Å². The van der Waals surface area contributed by atoms with Crippen molar-refractivity contribution < 1.29 is 13.2 Å². The molecule has 1 aliphatic heterocycles. The molecule has 27 heavy (non-hydrogen) atoms. The molecule has 0 aliphatic carbocycles. The molecule has 0 aromatic heterocycles. The molecule has 1 fully saturated rings. The average molecular weight is 387 g/mol. The van der Waals surface area contributed by atoms with Crippen LogP contribution >= 0.6 is 0 Å². The second-order valence-corrected chi connectivity index (χ2v) is 8.99. The van der Waals surface area contributed by atoms with E-state index in [0.29, 0.717) is 25.2 Å². The van der Waals surface area contributed by atoms with E-state index < -0.39 is 10.0 Å². The van der Waals surface area contributed by atoms with Gasteiger partial charge >= 0.3 is 0 Å². The van der Waals surface area contributed by atoms with Gasteiger partial charge in [-0.15, -0.1) is 0 Å². The van der Waals surface area contributed by atoms with Gasteiger partial charge in [-0.1, -0.05) is 49.7 Å². The number of carbonyl (C=O) groups is 1. The van der Waals surface area contributed by atoms with Gasteiger partial charge in [0, 0.05) is 25.2 Å². The van der Waals surface area contributed by atoms with E-state index in [1.165, 1.54) is 4.31 Å². The van der Waals surface area contributed by atoms with Crippen molar-refractivity contribution in [2.45, 2.75) is 43.4 Å². The molecule has 1 amide bonds. The lowest BCUT2D eigenvalue weighted by molar-refractivity contribution is -0.116. The molecule has 1 N–H and O–H groups in total. The monoisotopic (exact) mass is 386 g/mol. The largest absolute Gasteiger partial charge is 0.326 e. The van der Waals surface area contributed by atoms with Crippen molar-refractivity contribution in [1.82, 2.24) is 4.31 Å². The van der Waals surface area contributed by atoms with Gasteiger partial charge in [0.25, 0.3) is 0 Å². The molecular weight excluding hydrogens is 360 g/mol. The van der Waals surface area contributed by atoms with Crippen LogP contribution in [0.25, 0.3) is 0 Å². The lowest BCUT2D eigenvalue weighted by atomic mass is 9.97. The summed E-state index contributed by atoms with van der Waals surface area (Å²) in [5, 5.41) is 2.84. The van der Waals surface area contributed by atoms with E-state index in [9.17, 15) is 13.2 Å². The fourth-order valence-electron chi connectivity index (χ4n) is 3.38. The van der Waals surface area contributed by atoms with Crippen LogP contribution in [-0.2, 0) is 14.8 Å². The van der Waals surface area contributed by atoms with Crippen molar-refractivity contribution in [2.75, 3.05) is 18.4 Å². The molecule has 2 aromatic carbocycles. The van der Waals surface area contributed by atoms with Crippen LogP contribution in [0.15, 0.2) is 59.5 Å². The molecule has 0 spiro atoms. The van der Waals surface area contributed by atoms with Gasteiger partial charge in [-0.2, -0.15) is 4.31 Å². The Bertz CT molecular complexity index is 875. The van der Waals surface area contributed by atoms with Crippen molar-refractivity contribution in [1.29, 1.82) is 0 Å². The van der Waals surface area contributed by atoms with Crippen LogP contribution in [-0.4, -0.2) is 31.7 Å². The minimum atomic E-state index is -3.50. The van der Waals surface area contributed by atoms with Crippen LogP contribution in [0.1, 0.15) is 44.1 Å². The van der Waals surface area contributed by atoms with Gasteiger partial charge in [0.05, 0.1) is 4.90 Å². The zero-order valence-corrected chi connectivity index (χ0v) is 16.4. The highest BCUT2D eigenvalue weighted by atomic mass is 32.2. The minimum absolute atomic E-state index is 0.0893. The maximum atomic E-state index is 12.8. The Labute approximate surface area is 161 Å². The first kappa shape index (κ1) is 19.6. The standard InChI is InChI=1S/C21H26N2O3S/c1-17(18-9-4-2-5-10-18)15-21(24)22-19-11-8-12-20(16-19)27(25,26)23-13-6-3-7-14-23/h2,4-5,8-12,16-17H,3,6-7,13-15H2,1H3,(H,22,24)/t17-/m1/s1. The zero-order chi connectivity index (χ0) is 19.3. The molecule has 2 aromatic rings. The van der Waals surface area contributed by atoms with Gasteiger partial charge in [-0.05, 0) is 42.5 Å². The number of anilines is 1. The summed E-state index contributed by atoms with van der Waals surface area (Å²) in [5.41, 5.74) is 1.62. The third-order valence-electron chi connectivity index (χ3n) is 4.93. The summed E-state index contributed by atoms with van der Waals surface area (Å²) in [5.74, 6) is -0.0367. The Kier molecular flexibility index (Phi) is 6.29. The van der Waals surface area contributed by atoms with Crippen molar-refractivity contribution in [3.05, 3.63) is 60.2 Å². The molecule has 1 saturated heterocycles. The maximum absolute atomic E-state index is 12.8. The molecule has 0 unspecified atom stereocenters. The number of hydrogen-bond donors (Lipinski definition) is 1. The molecule has 1 atom stereocenters. The number of carbonyl (C=O) groups excluding carboxylic acids is 1. The molecule has 3 rings (SSSR count). The predicted octanol–water partition coefficient (Wildman–Crippen LogP) is 3.99. The van der Waals surface area contributed by atoms with Crippen LogP contribution < -0.4 is 5.32 Å². The Hall–Kier alpha value is -2.18. The number of amides is 1. The van der Waals surface area contributed by atoms with E-state index >= 15 is 0 Å². The highest BCUT2D eigenvalue weighted by molar-refractivity contribution is 7.89. The predicted molar refractivity (Wildman–Crippen MR) is 107 cm³/mol. The Balaban J connectivity index is 1.67. The number of hydrogen-bond acceptors (Lipinski definition) is 3. The normalized spacial score (nSPS) is 16.6. The summed E-state index contributed by atoms with van der Waals surface area (Å²) in [7, 11) is -3.50. The van der Waals surface area contributed by atoms with Crippen LogP contribution in [0.2, 0.25) is 0 Å². The van der Waals surface area contributed by atoms with E-state index in [2.05, 4.69) is 5.32 Å². The first-order valence-corrected chi connectivity index (χ1v) is 10.9. The number of nitrogens with zero attached hydrogens (tertiary/aromatic N) is 1. The van der Waals surface area contributed by atoms with Gasteiger partial charge in [0.1, 0.15) is 0 Å². The van der Waals surface area contributed by atoms with Crippen molar-refractivity contribution >= 4 is 21.6 Å². The molecule has 1 heterocycles. The van der Waals surface area contributed by atoms with Gasteiger partial charge in [0.15, 0.2) is 0 Å². The third-order valence-corrected chi connectivity index (χ3v) is 6.83. The number of rotatable bonds is 6. The summed E-state index contributed by atoms with van der Waals surface area (Å²) >= 11 is 0. The van der Waals surface area contributed by atoms with Crippen molar-refractivity contribution in [3.8, 4) is 0 Å². The molecule has 0 radical (unpaired) electrons. The van der Waals surface area contributed by atoms with E-state index in [-0.39, 0.29) is 16.7 Å². The first-order valence-electron chi connectivity index (χ1n) is 9.42. The van der Waals surface area contributed by atoms with Gasteiger partial charge in [-0.3, -0.25) is 4.79 Å². The van der Waals surface area contributed by atoms with E-state index in [4.69, 9.17) is 0 Å². The van der Waals surface area contributed by atoms with Gasteiger partial charge < -0.3 is 5.32 Å². The minimum Gasteiger partial charge on any atom is -0.326 e. The Morgan fingerprint density at radius 3 is 2.44 bits per heavy atom. The summed E-state index contributed by atoms with van der Waals surface area (Å²) in [6, 6.07) is 16.4. The molecular formula is C21H26N2O3S. The second-order valence-electron chi connectivity index (χ2n) is 7.06. The summed E-state index contributed by atoms with van der Waals surface area (Å²) < 4.78 is 27.1. The molecule has 0 saturated carbocycles. The van der Waals surface area contributed by atoms with Gasteiger partial charge in [0.2, 0.25) is 15.9 Å². The number of sulfonamides is 1. The fourth-order valence-corrected chi connectivity index (χ4v) is 4.94. The molecule has 1 aliphatic rings.